The Kier molecular flexibility index (Phi) is 2.99. The van der Waals surface area contributed by atoms with Crippen LogP contribution in [0.15, 0.2) is 17.5 Å². The van der Waals surface area contributed by atoms with Gasteiger partial charge >= 0.3 is 0 Å². The maximum Gasteiger partial charge on any atom is 0.243 e. The minimum Gasteiger partial charge on any atom is -0.368 e. The van der Waals surface area contributed by atoms with Gasteiger partial charge in [-0.3, -0.25) is 10.1 Å². The van der Waals surface area contributed by atoms with Crippen molar-refractivity contribution in [3.05, 3.63) is 32.5 Å². The third-order valence-electron chi connectivity index (χ3n) is 2.56. The third-order valence-corrected chi connectivity index (χ3v) is 3.56. The van der Waals surface area contributed by atoms with Gasteiger partial charge in [-0.2, -0.15) is 0 Å². The fourth-order valence-corrected chi connectivity index (χ4v) is 2.68. The second-order valence-electron chi connectivity index (χ2n) is 3.50. The summed E-state index contributed by atoms with van der Waals surface area (Å²) in [4.78, 5) is 11.4. The van der Waals surface area contributed by atoms with Gasteiger partial charge in [-0.05, 0) is 11.4 Å². The standard InChI is InChI=1S/C9H11NO4S/c11-9-4-6(8-2-1-3-15-8)7(5-14-9)10(12)13/h1-3,6-7,9,11H,4-5H2/t6-,7-,9?/m1/s1. The summed E-state index contributed by atoms with van der Waals surface area (Å²) in [5.74, 6) is -0.233. The Balaban J connectivity index is 2.20. The number of nitro groups is 1. The molecule has 0 bridgehead atoms. The number of hydrogen-bond donors (Lipinski definition) is 1. The largest absolute Gasteiger partial charge is 0.368 e. The van der Waals surface area contributed by atoms with Crippen molar-refractivity contribution in [1.82, 2.24) is 0 Å². The van der Waals surface area contributed by atoms with Crippen molar-refractivity contribution < 1.29 is 14.8 Å². The summed E-state index contributed by atoms with van der Waals surface area (Å²) < 4.78 is 4.90. The number of nitrogens with zero attached hydrogens (tertiary/aromatic N) is 1. The molecule has 0 radical (unpaired) electrons. The quantitative estimate of drug-likeness (QED) is 0.611. The van der Waals surface area contributed by atoms with Crippen molar-refractivity contribution in [2.45, 2.75) is 24.7 Å². The van der Waals surface area contributed by atoms with Gasteiger partial charge in [0, 0.05) is 16.2 Å². The van der Waals surface area contributed by atoms with Crippen molar-refractivity contribution in [2.75, 3.05) is 6.61 Å². The lowest BCUT2D eigenvalue weighted by molar-refractivity contribution is -0.538. The number of aliphatic hydroxyl groups excluding tert-OH is 1. The highest BCUT2D eigenvalue weighted by Crippen LogP contribution is 2.33. The Bertz CT molecular complexity index is 340. The van der Waals surface area contributed by atoms with Crippen LogP contribution in [-0.2, 0) is 4.74 Å². The third kappa shape index (κ3) is 2.17. The summed E-state index contributed by atoms with van der Waals surface area (Å²) in [6, 6.07) is 2.98. The average Bonchev–Trinajstić information content (AvgIpc) is 2.69. The van der Waals surface area contributed by atoms with Crippen molar-refractivity contribution in [2.24, 2.45) is 0 Å². The molecular formula is C9H11NO4S. The summed E-state index contributed by atoms with van der Waals surface area (Å²) in [7, 11) is 0. The molecule has 1 aliphatic rings. The molecule has 0 amide bonds. The van der Waals surface area contributed by atoms with Gasteiger partial charge in [0.25, 0.3) is 0 Å². The molecule has 1 aromatic heterocycles. The van der Waals surface area contributed by atoms with Gasteiger partial charge in [0.15, 0.2) is 6.29 Å². The fraction of sp³-hybridized carbons (Fsp3) is 0.556. The Morgan fingerprint density at radius 1 is 1.67 bits per heavy atom. The molecule has 1 aliphatic heterocycles. The highest BCUT2D eigenvalue weighted by molar-refractivity contribution is 7.10. The molecule has 5 nitrogen and oxygen atoms in total. The van der Waals surface area contributed by atoms with Gasteiger partial charge in [-0.1, -0.05) is 6.07 Å². The van der Waals surface area contributed by atoms with Crippen molar-refractivity contribution >= 4 is 11.3 Å². The second-order valence-corrected chi connectivity index (χ2v) is 4.48. The van der Waals surface area contributed by atoms with E-state index in [-0.39, 0.29) is 17.4 Å². The second kappa shape index (κ2) is 4.26. The molecule has 6 heteroatoms. The highest BCUT2D eigenvalue weighted by atomic mass is 32.1. The van der Waals surface area contributed by atoms with Gasteiger partial charge in [-0.25, -0.2) is 0 Å². The molecule has 2 heterocycles. The van der Waals surface area contributed by atoms with Crippen molar-refractivity contribution in [3.8, 4) is 0 Å². The Morgan fingerprint density at radius 2 is 2.47 bits per heavy atom. The van der Waals surface area contributed by atoms with E-state index in [1.54, 1.807) is 0 Å². The Morgan fingerprint density at radius 3 is 3.07 bits per heavy atom. The van der Waals surface area contributed by atoms with Crippen molar-refractivity contribution in [1.29, 1.82) is 0 Å². The zero-order chi connectivity index (χ0) is 10.8. The lowest BCUT2D eigenvalue weighted by atomic mass is 9.93. The minimum atomic E-state index is -0.881. The first kappa shape index (κ1) is 10.5. The van der Waals surface area contributed by atoms with Crippen LogP contribution in [0.5, 0.6) is 0 Å². The topological polar surface area (TPSA) is 72.6 Å². The lowest BCUT2D eigenvalue weighted by Gasteiger charge is -2.28. The molecule has 0 aromatic carbocycles. The van der Waals surface area contributed by atoms with E-state index in [0.29, 0.717) is 6.42 Å². The molecular weight excluding hydrogens is 218 g/mol. The average molecular weight is 229 g/mol. The van der Waals surface area contributed by atoms with E-state index in [1.807, 2.05) is 17.5 Å². The predicted molar refractivity (Wildman–Crippen MR) is 54.4 cm³/mol. The smallest absolute Gasteiger partial charge is 0.243 e. The zero-order valence-corrected chi connectivity index (χ0v) is 8.72. The van der Waals surface area contributed by atoms with E-state index in [2.05, 4.69) is 0 Å². The first-order chi connectivity index (χ1) is 7.18. The van der Waals surface area contributed by atoms with Crippen LogP contribution in [0.4, 0.5) is 0 Å². The van der Waals surface area contributed by atoms with Gasteiger partial charge in [-0.15, -0.1) is 11.3 Å². The molecule has 82 valence electrons. The maximum atomic E-state index is 10.8. The minimum absolute atomic E-state index is 0.0171. The summed E-state index contributed by atoms with van der Waals surface area (Å²) in [6.45, 7) is -0.0171. The number of rotatable bonds is 2. The van der Waals surface area contributed by atoms with Crippen LogP contribution >= 0.6 is 11.3 Å². The highest BCUT2D eigenvalue weighted by Gasteiger charge is 2.39. The molecule has 15 heavy (non-hydrogen) atoms. The molecule has 0 saturated carbocycles. The van der Waals surface area contributed by atoms with Crippen LogP contribution in [0.25, 0.3) is 0 Å². The van der Waals surface area contributed by atoms with Crippen LogP contribution in [0.2, 0.25) is 0 Å². The van der Waals surface area contributed by atoms with E-state index in [4.69, 9.17) is 4.74 Å². The molecule has 1 N–H and O–H groups in total. The van der Waals surface area contributed by atoms with Crippen molar-refractivity contribution in [3.63, 3.8) is 0 Å². The molecule has 1 unspecified atom stereocenters. The first-order valence-corrected chi connectivity index (χ1v) is 5.53. The zero-order valence-electron chi connectivity index (χ0n) is 7.91. The van der Waals surface area contributed by atoms with Crippen LogP contribution in [0.3, 0.4) is 0 Å². The van der Waals surface area contributed by atoms with Gasteiger partial charge in [0.05, 0.1) is 5.92 Å². The Hall–Kier alpha value is -0.980. The predicted octanol–water partition coefficient (Wildman–Crippen LogP) is 1.22. The summed E-state index contributed by atoms with van der Waals surface area (Å²) in [6.07, 6.45) is -0.583. The van der Waals surface area contributed by atoms with E-state index >= 15 is 0 Å². The molecule has 1 aromatic rings. The van der Waals surface area contributed by atoms with Crippen LogP contribution in [0.1, 0.15) is 17.2 Å². The first-order valence-electron chi connectivity index (χ1n) is 4.65. The molecule has 3 atom stereocenters. The fourth-order valence-electron chi connectivity index (χ4n) is 1.78. The van der Waals surface area contributed by atoms with Crippen LogP contribution in [0, 0.1) is 10.1 Å². The van der Waals surface area contributed by atoms with Gasteiger partial charge < -0.3 is 9.84 Å². The SMILES string of the molecule is O=[N+]([O-])[C@@H]1COC(O)C[C@H]1c1cccs1. The summed E-state index contributed by atoms with van der Waals surface area (Å²) >= 11 is 1.48. The number of aliphatic hydroxyl groups is 1. The molecule has 1 fully saturated rings. The van der Waals surface area contributed by atoms with E-state index < -0.39 is 12.3 Å². The summed E-state index contributed by atoms with van der Waals surface area (Å²) in [5.41, 5.74) is 0. The van der Waals surface area contributed by atoms with Crippen LogP contribution < -0.4 is 0 Å². The maximum absolute atomic E-state index is 10.8. The van der Waals surface area contributed by atoms with Crippen LogP contribution in [-0.4, -0.2) is 29.0 Å². The summed E-state index contributed by atoms with van der Waals surface area (Å²) in [5, 5.41) is 22.0. The monoisotopic (exact) mass is 229 g/mol. The van der Waals surface area contributed by atoms with E-state index in [9.17, 15) is 15.2 Å². The van der Waals surface area contributed by atoms with E-state index in [1.165, 1.54) is 11.3 Å². The Labute approximate surface area is 90.5 Å². The molecule has 1 saturated heterocycles. The molecule has 0 aliphatic carbocycles. The van der Waals surface area contributed by atoms with E-state index in [0.717, 1.165) is 4.88 Å². The molecule has 0 spiro atoms. The number of hydrogen-bond acceptors (Lipinski definition) is 5. The normalized spacial score (nSPS) is 31.4. The molecule has 2 rings (SSSR count). The number of ether oxygens (including phenoxy) is 1. The lowest BCUT2D eigenvalue weighted by Crippen LogP contribution is -2.40. The number of thiophene rings is 1. The van der Waals surface area contributed by atoms with Gasteiger partial charge in [0.2, 0.25) is 6.04 Å². The van der Waals surface area contributed by atoms with Gasteiger partial charge in [0.1, 0.15) is 6.61 Å².